The monoisotopic (exact) mass is 181 g/mol. The van der Waals surface area contributed by atoms with Crippen molar-refractivity contribution in [2.75, 3.05) is 6.54 Å². The molecule has 2 aliphatic carbocycles. The Morgan fingerprint density at radius 3 is 2.38 bits per heavy atom. The molecule has 2 saturated carbocycles. The minimum absolute atomic E-state index is 0.606. The van der Waals surface area contributed by atoms with E-state index in [0.717, 1.165) is 17.9 Å². The summed E-state index contributed by atoms with van der Waals surface area (Å²) in [4.78, 5) is 0. The lowest BCUT2D eigenvalue weighted by molar-refractivity contribution is 0.355. The first-order chi connectivity index (χ1) is 6.07. The van der Waals surface area contributed by atoms with Gasteiger partial charge >= 0.3 is 0 Å². The van der Waals surface area contributed by atoms with E-state index < -0.39 is 0 Å². The van der Waals surface area contributed by atoms with E-state index in [9.17, 15) is 0 Å². The van der Waals surface area contributed by atoms with Crippen LogP contribution < -0.4 is 5.32 Å². The van der Waals surface area contributed by atoms with E-state index in [1.165, 1.54) is 32.2 Å². The summed E-state index contributed by atoms with van der Waals surface area (Å²) < 4.78 is 0. The molecule has 2 aliphatic rings. The Morgan fingerprint density at radius 2 is 1.92 bits per heavy atom. The van der Waals surface area contributed by atoms with Gasteiger partial charge in [-0.2, -0.15) is 0 Å². The van der Waals surface area contributed by atoms with Crippen LogP contribution in [0.4, 0.5) is 0 Å². The highest BCUT2D eigenvalue weighted by Crippen LogP contribution is 2.44. The Labute approximate surface area is 82.3 Å². The van der Waals surface area contributed by atoms with Crippen LogP contribution in [0.3, 0.4) is 0 Å². The van der Waals surface area contributed by atoms with E-state index in [0.29, 0.717) is 5.41 Å². The lowest BCUT2D eigenvalue weighted by Crippen LogP contribution is -2.26. The Kier molecular flexibility index (Phi) is 2.39. The van der Waals surface area contributed by atoms with Crippen LogP contribution >= 0.6 is 0 Å². The SMILES string of the molecule is CC1CC(C)(C)CC1CNC1CC1. The molecule has 2 rings (SSSR count). The van der Waals surface area contributed by atoms with Crippen LogP contribution in [0.2, 0.25) is 0 Å². The molecule has 0 amide bonds. The standard InChI is InChI=1S/C12H23N/c1-9-6-12(2,3)7-10(9)8-13-11-4-5-11/h9-11,13H,4-8H2,1-3H3. The third-order valence-corrected chi connectivity index (χ3v) is 3.74. The molecule has 0 aliphatic heterocycles. The van der Waals surface area contributed by atoms with E-state index in [1.807, 2.05) is 0 Å². The normalized spacial score (nSPS) is 38.1. The second-order valence-corrected chi connectivity index (χ2v) is 5.99. The molecule has 13 heavy (non-hydrogen) atoms. The van der Waals surface area contributed by atoms with Gasteiger partial charge in [-0.05, 0) is 49.5 Å². The lowest BCUT2D eigenvalue weighted by atomic mass is 9.90. The first kappa shape index (κ1) is 9.51. The number of rotatable bonds is 3. The lowest BCUT2D eigenvalue weighted by Gasteiger charge is -2.17. The molecular weight excluding hydrogens is 158 g/mol. The zero-order valence-electron chi connectivity index (χ0n) is 9.27. The summed E-state index contributed by atoms with van der Waals surface area (Å²) in [5, 5.41) is 3.67. The van der Waals surface area contributed by atoms with Crippen LogP contribution in [-0.4, -0.2) is 12.6 Å². The molecule has 0 aromatic rings. The van der Waals surface area contributed by atoms with Crippen LogP contribution in [0, 0.1) is 17.3 Å². The molecule has 0 radical (unpaired) electrons. The van der Waals surface area contributed by atoms with E-state index in [2.05, 4.69) is 26.1 Å². The van der Waals surface area contributed by atoms with Crippen molar-refractivity contribution < 1.29 is 0 Å². The number of nitrogens with one attached hydrogen (secondary N) is 1. The smallest absolute Gasteiger partial charge is 0.00683 e. The molecule has 76 valence electrons. The molecule has 1 nitrogen and oxygen atoms in total. The summed E-state index contributed by atoms with van der Waals surface area (Å²) in [5.74, 6) is 1.87. The zero-order valence-corrected chi connectivity index (χ0v) is 9.27. The van der Waals surface area contributed by atoms with Gasteiger partial charge in [0, 0.05) is 6.04 Å². The molecule has 0 heterocycles. The summed E-state index contributed by atoms with van der Waals surface area (Å²) in [6.45, 7) is 8.53. The van der Waals surface area contributed by atoms with Crippen molar-refractivity contribution in [3.8, 4) is 0 Å². The minimum atomic E-state index is 0.606. The van der Waals surface area contributed by atoms with Gasteiger partial charge in [0.05, 0.1) is 0 Å². The first-order valence-electron chi connectivity index (χ1n) is 5.80. The molecule has 2 fully saturated rings. The maximum atomic E-state index is 3.67. The summed E-state index contributed by atoms with van der Waals surface area (Å²) in [7, 11) is 0. The van der Waals surface area contributed by atoms with E-state index in [1.54, 1.807) is 0 Å². The fraction of sp³-hybridized carbons (Fsp3) is 1.00. The van der Waals surface area contributed by atoms with Crippen LogP contribution in [0.5, 0.6) is 0 Å². The van der Waals surface area contributed by atoms with Gasteiger partial charge in [0.2, 0.25) is 0 Å². The summed E-state index contributed by atoms with van der Waals surface area (Å²) >= 11 is 0. The second-order valence-electron chi connectivity index (χ2n) is 5.99. The fourth-order valence-corrected chi connectivity index (χ4v) is 2.91. The van der Waals surface area contributed by atoms with Crippen molar-refractivity contribution in [1.82, 2.24) is 5.32 Å². The van der Waals surface area contributed by atoms with Crippen LogP contribution in [-0.2, 0) is 0 Å². The Balaban J connectivity index is 1.78. The van der Waals surface area contributed by atoms with Crippen molar-refractivity contribution in [2.24, 2.45) is 17.3 Å². The van der Waals surface area contributed by atoms with Crippen LogP contribution in [0.25, 0.3) is 0 Å². The van der Waals surface area contributed by atoms with Gasteiger partial charge in [0.25, 0.3) is 0 Å². The quantitative estimate of drug-likeness (QED) is 0.706. The van der Waals surface area contributed by atoms with Crippen molar-refractivity contribution in [2.45, 2.75) is 52.5 Å². The second kappa shape index (κ2) is 3.27. The summed E-state index contributed by atoms with van der Waals surface area (Å²) in [6, 6.07) is 0.885. The molecule has 0 spiro atoms. The molecule has 2 unspecified atom stereocenters. The molecule has 0 aromatic heterocycles. The van der Waals surface area contributed by atoms with Gasteiger partial charge in [-0.15, -0.1) is 0 Å². The maximum Gasteiger partial charge on any atom is 0.00683 e. The van der Waals surface area contributed by atoms with E-state index in [4.69, 9.17) is 0 Å². The number of hydrogen-bond donors (Lipinski definition) is 1. The van der Waals surface area contributed by atoms with Gasteiger partial charge in [-0.3, -0.25) is 0 Å². The van der Waals surface area contributed by atoms with E-state index >= 15 is 0 Å². The van der Waals surface area contributed by atoms with E-state index in [-0.39, 0.29) is 0 Å². The average molecular weight is 181 g/mol. The minimum Gasteiger partial charge on any atom is -0.314 e. The molecular formula is C12H23N. The van der Waals surface area contributed by atoms with Crippen LogP contribution in [0.15, 0.2) is 0 Å². The largest absolute Gasteiger partial charge is 0.314 e. The van der Waals surface area contributed by atoms with Gasteiger partial charge in [0.1, 0.15) is 0 Å². The van der Waals surface area contributed by atoms with Gasteiger partial charge < -0.3 is 5.32 Å². The Hall–Kier alpha value is -0.0400. The highest BCUT2D eigenvalue weighted by atomic mass is 14.9. The van der Waals surface area contributed by atoms with Crippen molar-refractivity contribution in [1.29, 1.82) is 0 Å². The zero-order chi connectivity index (χ0) is 9.47. The molecule has 0 saturated heterocycles. The van der Waals surface area contributed by atoms with Gasteiger partial charge in [0.15, 0.2) is 0 Å². The Morgan fingerprint density at radius 1 is 1.23 bits per heavy atom. The van der Waals surface area contributed by atoms with Crippen LogP contribution in [0.1, 0.15) is 46.5 Å². The Bertz CT molecular complexity index is 182. The highest BCUT2D eigenvalue weighted by Gasteiger charge is 2.36. The summed E-state index contributed by atoms with van der Waals surface area (Å²) in [6.07, 6.45) is 5.69. The summed E-state index contributed by atoms with van der Waals surface area (Å²) in [5.41, 5.74) is 0.606. The third kappa shape index (κ3) is 2.46. The number of hydrogen-bond acceptors (Lipinski definition) is 1. The van der Waals surface area contributed by atoms with Crippen molar-refractivity contribution in [3.63, 3.8) is 0 Å². The third-order valence-electron chi connectivity index (χ3n) is 3.74. The average Bonchev–Trinajstić information content (AvgIpc) is 2.75. The highest BCUT2D eigenvalue weighted by molar-refractivity contribution is 4.90. The molecule has 2 atom stereocenters. The first-order valence-corrected chi connectivity index (χ1v) is 5.80. The predicted octanol–water partition coefficient (Wildman–Crippen LogP) is 2.81. The van der Waals surface area contributed by atoms with Crippen molar-refractivity contribution in [3.05, 3.63) is 0 Å². The fourth-order valence-electron chi connectivity index (χ4n) is 2.91. The molecule has 0 bridgehead atoms. The van der Waals surface area contributed by atoms with Crippen molar-refractivity contribution >= 4 is 0 Å². The molecule has 0 aromatic carbocycles. The maximum absolute atomic E-state index is 3.67. The molecule has 1 N–H and O–H groups in total. The predicted molar refractivity (Wildman–Crippen MR) is 56.7 cm³/mol. The van der Waals surface area contributed by atoms with Gasteiger partial charge in [-0.25, -0.2) is 0 Å². The van der Waals surface area contributed by atoms with Gasteiger partial charge in [-0.1, -0.05) is 20.8 Å². The topological polar surface area (TPSA) is 12.0 Å². The molecule has 1 heteroatoms.